The van der Waals surface area contributed by atoms with Crippen LogP contribution in [0.2, 0.25) is 25.7 Å². The Hall–Kier alpha value is -1.45. The molecule has 4 aliphatic rings. The fraction of sp³-hybridized carbons (Fsp3) is 0.767. The number of carbonyl (C=O) groups excluding carboxylic acids is 1. The maximum atomic E-state index is 13.5. The molecule has 7 nitrogen and oxygen atoms in total. The fourth-order valence-electron chi connectivity index (χ4n) is 6.99. The number of amides is 1. The van der Waals surface area contributed by atoms with Gasteiger partial charge in [0.1, 0.15) is 12.7 Å². The van der Waals surface area contributed by atoms with E-state index in [0.29, 0.717) is 44.6 Å². The third-order valence-electron chi connectivity index (χ3n) is 8.80. The molecule has 1 aromatic rings. The van der Waals surface area contributed by atoms with E-state index < -0.39 is 19.6 Å². The molecule has 1 aromatic carbocycles. The lowest BCUT2D eigenvalue weighted by molar-refractivity contribution is -0.377. The minimum absolute atomic E-state index is 0.0755. The third kappa shape index (κ3) is 5.85. The summed E-state index contributed by atoms with van der Waals surface area (Å²) in [5.74, 6) is 0.218. The topological polar surface area (TPSA) is 66.5 Å². The summed E-state index contributed by atoms with van der Waals surface area (Å²) in [4.78, 5) is 15.4. The number of carbonyl (C=O) groups is 1. The van der Waals surface area contributed by atoms with Crippen molar-refractivity contribution in [3.8, 4) is 0 Å². The summed E-state index contributed by atoms with van der Waals surface area (Å²) in [6.07, 6.45) is 2.69. The Morgan fingerprint density at radius 1 is 1.00 bits per heavy atom. The van der Waals surface area contributed by atoms with Gasteiger partial charge in [-0.05, 0) is 36.3 Å². The Morgan fingerprint density at radius 3 is 2.47 bits per heavy atom. The van der Waals surface area contributed by atoms with E-state index in [9.17, 15) is 4.79 Å². The van der Waals surface area contributed by atoms with Gasteiger partial charge in [0, 0.05) is 33.4 Å². The molecule has 0 N–H and O–H groups in total. The first-order valence-corrected chi connectivity index (χ1v) is 18.3. The third-order valence-corrected chi connectivity index (χ3v) is 10.5. The zero-order valence-electron chi connectivity index (χ0n) is 24.1. The Labute approximate surface area is 229 Å². The van der Waals surface area contributed by atoms with Crippen molar-refractivity contribution in [2.75, 3.05) is 19.8 Å². The van der Waals surface area contributed by atoms with E-state index in [2.05, 4.69) is 52.5 Å². The van der Waals surface area contributed by atoms with Crippen molar-refractivity contribution in [2.24, 2.45) is 17.8 Å². The summed E-state index contributed by atoms with van der Waals surface area (Å²) in [5, 5.41) is 0. The molecule has 4 fully saturated rings. The zero-order chi connectivity index (χ0) is 27.1. The average Bonchev–Trinajstić information content (AvgIpc) is 3.21. The second-order valence-corrected chi connectivity index (χ2v) is 19.3. The first-order valence-electron chi connectivity index (χ1n) is 14.6. The molecule has 8 atom stereocenters. The van der Waals surface area contributed by atoms with Crippen molar-refractivity contribution in [3.63, 3.8) is 0 Å². The normalized spacial score (nSPS) is 38.7. The van der Waals surface area contributed by atoms with E-state index in [-0.39, 0.29) is 30.3 Å². The summed E-state index contributed by atoms with van der Waals surface area (Å²) in [7, 11) is -1.30. The molecule has 0 unspecified atom stereocenters. The summed E-state index contributed by atoms with van der Waals surface area (Å²) in [5.41, 5.74) is 0.406. The van der Waals surface area contributed by atoms with Crippen LogP contribution in [0.25, 0.3) is 0 Å². The van der Waals surface area contributed by atoms with Crippen molar-refractivity contribution in [2.45, 2.75) is 109 Å². The Bertz CT molecular complexity index is 971. The molecule has 1 amide bonds. The van der Waals surface area contributed by atoms with Crippen molar-refractivity contribution in [1.29, 1.82) is 0 Å². The van der Waals surface area contributed by atoms with Crippen LogP contribution in [0, 0.1) is 17.8 Å². The predicted octanol–water partition coefficient (Wildman–Crippen LogP) is 6.05. The molecule has 0 radical (unpaired) electrons. The first kappa shape index (κ1) is 28.1. The van der Waals surface area contributed by atoms with Crippen LogP contribution in [0.1, 0.15) is 52.0 Å². The molecule has 4 aliphatic heterocycles. The smallest absolute Gasteiger partial charge is 0.412 e. The summed E-state index contributed by atoms with van der Waals surface area (Å²) >= 11 is 0. The second-order valence-electron chi connectivity index (χ2n) is 13.7. The molecule has 0 saturated carbocycles. The molecule has 212 valence electrons. The molecule has 5 rings (SSSR count). The largest absolute Gasteiger partial charge is 0.450 e. The molecule has 4 heterocycles. The van der Waals surface area contributed by atoms with Crippen LogP contribution >= 0.6 is 0 Å². The highest BCUT2D eigenvalue weighted by atomic mass is 28.3. The maximum Gasteiger partial charge on any atom is 0.412 e. The number of likely N-dealkylation sites (tertiary alicyclic amines) is 1. The lowest BCUT2D eigenvalue weighted by Gasteiger charge is -2.51. The predicted molar refractivity (Wildman–Crippen MR) is 148 cm³/mol. The van der Waals surface area contributed by atoms with Gasteiger partial charge in [-0.3, -0.25) is 4.90 Å². The maximum absolute atomic E-state index is 13.5. The van der Waals surface area contributed by atoms with Gasteiger partial charge >= 0.3 is 6.09 Å². The number of benzene rings is 1. The van der Waals surface area contributed by atoms with Crippen LogP contribution in [0.15, 0.2) is 30.3 Å². The van der Waals surface area contributed by atoms with E-state index in [1.54, 1.807) is 0 Å². The summed E-state index contributed by atoms with van der Waals surface area (Å²) in [6, 6.07) is 11.2. The van der Waals surface area contributed by atoms with Gasteiger partial charge in [0.05, 0.1) is 25.4 Å². The molecule has 1 spiro atoms. The second kappa shape index (κ2) is 10.8. The number of piperidine rings is 1. The molecule has 4 saturated heterocycles. The van der Waals surface area contributed by atoms with Gasteiger partial charge in [-0.2, -0.15) is 0 Å². The summed E-state index contributed by atoms with van der Waals surface area (Å²) in [6.45, 7) is 15.6. The van der Waals surface area contributed by atoms with Crippen LogP contribution in [0.4, 0.5) is 4.79 Å². The SMILES string of the molecule is C[C@@H]1C[C@H](C)[C@]2(C[C@H]3O[C@]4(COCc5ccccc5)C[C@@H](C)C[C@@H](O4)[C@H]3O2)N(C(=O)OCC[Si](C)(C)C)C1. The average molecular weight is 546 g/mol. The van der Waals surface area contributed by atoms with E-state index >= 15 is 0 Å². The van der Waals surface area contributed by atoms with Gasteiger partial charge in [-0.25, -0.2) is 4.79 Å². The van der Waals surface area contributed by atoms with Crippen molar-refractivity contribution in [1.82, 2.24) is 4.90 Å². The molecule has 2 bridgehead atoms. The highest BCUT2D eigenvalue weighted by Gasteiger charge is 2.64. The van der Waals surface area contributed by atoms with Gasteiger partial charge < -0.3 is 23.7 Å². The molecule has 8 heteroatoms. The van der Waals surface area contributed by atoms with E-state index in [0.717, 1.165) is 30.9 Å². The molecule has 38 heavy (non-hydrogen) atoms. The van der Waals surface area contributed by atoms with Crippen LogP contribution in [0.5, 0.6) is 0 Å². The Morgan fingerprint density at radius 2 is 1.74 bits per heavy atom. The van der Waals surface area contributed by atoms with Crippen LogP contribution in [0.3, 0.4) is 0 Å². The highest BCUT2D eigenvalue weighted by molar-refractivity contribution is 6.76. The van der Waals surface area contributed by atoms with Gasteiger partial charge in [0.25, 0.3) is 0 Å². The van der Waals surface area contributed by atoms with Gasteiger partial charge in [-0.1, -0.05) is 70.7 Å². The minimum Gasteiger partial charge on any atom is -0.450 e. The first-order chi connectivity index (χ1) is 18.0. The lowest BCUT2D eigenvalue weighted by Crippen LogP contribution is -2.61. The number of hydrogen-bond donors (Lipinski definition) is 0. The van der Waals surface area contributed by atoms with Crippen molar-refractivity contribution < 1.29 is 28.5 Å². The van der Waals surface area contributed by atoms with Gasteiger partial charge in [0.15, 0.2) is 11.5 Å². The Balaban J connectivity index is 1.32. The monoisotopic (exact) mass is 545 g/mol. The summed E-state index contributed by atoms with van der Waals surface area (Å²) < 4.78 is 32.4. The standard InChI is InChI=1S/C30H47NO6Si/c1-21-15-25-27-26(36-29(16-21,35-25)20-33-19-24-10-8-7-9-11-24)17-30(37-27)23(3)14-22(2)18-31(30)28(32)34-12-13-38(4,5)6/h7-11,21-23,25-27H,12-20H2,1-6H3/t21-,22+,23-,25+,26+,27+,29-,30+/m0/s1. The number of nitrogens with zero attached hydrogens (tertiary/aromatic N) is 1. The quantitative estimate of drug-likeness (QED) is 0.389. The van der Waals surface area contributed by atoms with E-state index in [1.165, 1.54) is 0 Å². The molecule has 0 aliphatic carbocycles. The van der Waals surface area contributed by atoms with Crippen LogP contribution in [-0.2, 0) is 30.3 Å². The molecule has 0 aromatic heterocycles. The number of fused-ring (bicyclic) bond motifs is 4. The molecular formula is C30H47NO6Si. The van der Waals surface area contributed by atoms with Crippen LogP contribution < -0.4 is 0 Å². The number of rotatable bonds is 7. The minimum atomic E-state index is -1.30. The number of hydrogen-bond acceptors (Lipinski definition) is 6. The lowest BCUT2D eigenvalue weighted by atomic mass is 9.79. The van der Waals surface area contributed by atoms with E-state index in [4.69, 9.17) is 23.7 Å². The van der Waals surface area contributed by atoms with Gasteiger partial charge in [0.2, 0.25) is 0 Å². The zero-order valence-corrected chi connectivity index (χ0v) is 25.1. The van der Waals surface area contributed by atoms with Crippen molar-refractivity contribution >= 4 is 14.2 Å². The number of ether oxygens (including phenoxy) is 5. The van der Waals surface area contributed by atoms with E-state index in [1.807, 2.05) is 23.1 Å². The molecular weight excluding hydrogens is 498 g/mol. The fourth-order valence-corrected chi connectivity index (χ4v) is 7.70. The van der Waals surface area contributed by atoms with Crippen LogP contribution in [-0.4, -0.2) is 68.6 Å². The van der Waals surface area contributed by atoms with Gasteiger partial charge in [-0.15, -0.1) is 0 Å². The Kier molecular flexibility index (Phi) is 8.02. The van der Waals surface area contributed by atoms with Crippen molar-refractivity contribution in [3.05, 3.63) is 35.9 Å². The highest BCUT2D eigenvalue weighted by Crippen LogP contribution is 2.53.